The number of hydrogen-bond acceptors (Lipinski definition) is 8. The number of para-hydroxylation sites is 8. The van der Waals surface area contributed by atoms with E-state index in [1.54, 1.807) is 71.8 Å². The maximum atomic E-state index is 13.8. The van der Waals surface area contributed by atoms with Gasteiger partial charge in [0, 0.05) is 137 Å². The smallest absolute Gasteiger partial charge is 0.197 e. The summed E-state index contributed by atoms with van der Waals surface area (Å²) in [5, 5.41) is 8.85. The van der Waals surface area contributed by atoms with Gasteiger partial charge in [-0.1, -0.05) is 109 Å². The molecule has 8 heterocycles. The van der Waals surface area contributed by atoms with Crippen molar-refractivity contribution in [2.75, 3.05) is 0 Å². The quantitative estimate of drug-likeness (QED) is 0.159. The second-order valence-corrected chi connectivity index (χ2v) is 28.5. The van der Waals surface area contributed by atoms with Crippen molar-refractivity contribution < 1.29 is 8.78 Å². The molecule has 0 fully saturated rings. The van der Waals surface area contributed by atoms with Gasteiger partial charge in [0.15, 0.2) is 43.4 Å². The Balaban J connectivity index is 0.000000103. The van der Waals surface area contributed by atoms with Gasteiger partial charge in [0.25, 0.3) is 0 Å². The van der Waals surface area contributed by atoms with Crippen LogP contribution in [0.5, 0.6) is 0 Å². The van der Waals surface area contributed by atoms with Crippen LogP contribution in [0, 0.1) is 11.6 Å². The largest absolute Gasteiger partial charge is 0.354 e. The van der Waals surface area contributed by atoms with Gasteiger partial charge >= 0.3 is 0 Å². The molecule has 0 atom stereocenters. The number of H-pyrrole nitrogens is 2. The predicted octanol–water partition coefficient (Wildman–Crippen LogP) is 17.9. The van der Waals surface area contributed by atoms with E-state index in [2.05, 4.69) is 19.1 Å². The second-order valence-electron chi connectivity index (χ2n) is 28.5. The zero-order valence-electron chi connectivity index (χ0n) is 61.4. The summed E-state index contributed by atoms with van der Waals surface area (Å²) in [5.41, 5.74) is 12.6. The number of rotatable bonds is 2. The minimum atomic E-state index is -0.481. The SMILES string of the molecule is Cn1c2ccc(F)cc2c(=O)c2cc3c(cc21)c(=O)c1cc(F)ccc1n3C.Cn1c2ccccc2c(=O)c2cc3c(cc21)c(=O)c1ccccc1n3C.O=c1c2ccccc2[nH]c2cc3c(=O)c4ccccc4[nH]c3cc12.O=c1c2ccccc2n(-c2ccccc2)c2cc3c(=O)c4ccccc4n(-c4ccccc4)c3cc12. The van der Waals surface area contributed by atoms with Crippen molar-refractivity contribution in [3.63, 3.8) is 0 Å². The molecule has 0 aliphatic rings. The lowest BCUT2D eigenvalue weighted by atomic mass is 10.0. The van der Waals surface area contributed by atoms with E-state index in [1.165, 1.54) is 24.3 Å². The molecule has 0 radical (unpaired) electrons. The zero-order chi connectivity index (χ0) is 78.2. The highest BCUT2D eigenvalue weighted by molar-refractivity contribution is 6.09. The lowest BCUT2D eigenvalue weighted by Crippen LogP contribution is -2.14. The third-order valence-corrected chi connectivity index (χ3v) is 22.2. The van der Waals surface area contributed by atoms with E-state index in [1.807, 2.05) is 242 Å². The van der Waals surface area contributed by atoms with Gasteiger partial charge in [0.1, 0.15) is 11.6 Å². The maximum absolute atomic E-state index is 13.8. The first kappa shape index (κ1) is 69.2. The fraction of sp³-hybridized carbons (Fsp3) is 0.0417. The van der Waals surface area contributed by atoms with Gasteiger partial charge in [-0.15, -0.1) is 0 Å². The summed E-state index contributed by atoms with van der Waals surface area (Å²) in [6, 6.07) is 87.6. The Morgan fingerprint density at radius 3 is 0.772 bits per heavy atom. The van der Waals surface area contributed by atoms with Gasteiger partial charge < -0.3 is 37.4 Å². The Morgan fingerprint density at radius 2 is 0.430 bits per heavy atom. The van der Waals surface area contributed by atoms with Gasteiger partial charge in [-0.3, -0.25) is 38.4 Å². The number of nitrogens with zero attached hydrogens (tertiary/aromatic N) is 6. The molecule has 8 aromatic heterocycles. The summed E-state index contributed by atoms with van der Waals surface area (Å²) in [6.07, 6.45) is 0. The summed E-state index contributed by atoms with van der Waals surface area (Å²) in [4.78, 5) is 112. The number of fused-ring (bicyclic) bond motifs is 16. The summed E-state index contributed by atoms with van der Waals surface area (Å²) < 4.78 is 39.1. The molecule has 0 aliphatic carbocycles. The first-order valence-electron chi connectivity index (χ1n) is 36.8. The summed E-state index contributed by atoms with van der Waals surface area (Å²) in [7, 11) is 7.39. The normalized spacial score (nSPS) is 11.7. The monoisotopic (exact) mass is 1490 g/mol. The van der Waals surface area contributed by atoms with Crippen LogP contribution >= 0.6 is 0 Å². The second kappa shape index (κ2) is 26.8. The molecule has 548 valence electrons. The molecule has 18 heteroatoms. The molecule has 0 bridgehead atoms. The topological polar surface area (TPSA) is 198 Å². The molecule has 2 N–H and O–H groups in total. The molecule has 22 rings (SSSR count). The van der Waals surface area contributed by atoms with Gasteiger partial charge in [0.05, 0.1) is 77.2 Å². The number of nitrogens with one attached hydrogen (secondary N) is 2. The molecule has 0 unspecified atom stereocenters. The zero-order valence-corrected chi connectivity index (χ0v) is 61.4. The number of benzene rings is 14. The molecule has 0 amide bonds. The van der Waals surface area contributed by atoms with Crippen molar-refractivity contribution in [1.82, 2.24) is 37.4 Å². The number of aryl methyl sites for hydroxylation is 4. The molecular formula is C96H62F2N8O8. The first-order valence-corrected chi connectivity index (χ1v) is 36.8. The van der Waals surface area contributed by atoms with Crippen LogP contribution in [0.1, 0.15) is 0 Å². The fourth-order valence-corrected chi connectivity index (χ4v) is 16.6. The standard InChI is InChI=1S/C32H20N2O2.C22H14F2N2O2.C22H16N2O2.C20H12N2O2/c35-31-23-15-7-9-17-27(23)33(21-11-3-1-4-12-21)29-19-26-30(20-25(29)31)34(22-13-5-2-6-14-22)28-18-10-8-16-24(28)32(26)36;1-25-17-5-3-11(23)7-13(17)21(27)15-10-20-16(9-19(15)25)22(28)14-8-12(24)4-6-18(14)26(20)2;1-23-17-9-5-3-7-13(17)21(25)15-12-20-16(11-19(15)23)22(26)14-8-4-6-10-18(14)24(20)2;23-19-11-5-1-3-7-15(11)21-17-10-14-18(9-13(17)19)22-16-8-4-2-6-12(16)20(14)24/h1-20H;3-10H,1-2H3;3-12H,1-2H3;1-10H,(H,21,23)(H,22,24). The molecule has 16 nitrogen and oxygen atoms in total. The van der Waals surface area contributed by atoms with E-state index in [-0.39, 0.29) is 54.2 Å². The maximum Gasteiger partial charge on any atom is 0.197 e. The van der Waals surface area contributed by atoms with Crippen molar-refractivity contribution in [2.24, 2.45) is 28.2 Å². The van der Waals surface area contributed by atoms with Crippen LogP contribution < -0.4 is 43.4 Å². The Kier molecular flexibility index (Phi) is 16.3. The number of aromatic nitrogens is 8. The number of halogens is 2. The minimum absolute atomic E-state index is 0.00351. The Labute approximate surface area is 641 Å². The van der Waals surface area contributed by atoms with Gasteiger partial charge in [0.2, 0.25) is 0 Å². The molecule has 0 spiro atoms. The van der Waals surface area contributed by atoms with Crippen molar-refractivity contribution >= 4 is 174 Å². The van der Waals surface area contributed by atoms with E-state index < -0.39 is 11.6 Å². The third kappa shape index (κ3) is 10.9. The van der Waals surface area contributed by atoms with Gasteiger partial charge in [-0.2, -0.15) is 0 Å². The van der Waals surface area contributed by atoms with E-state index in [0.29, 0.717) is 120 Å². The van der Waals surface area contributed by atoms with E-state index in [9.17, 15) is 47.1 Å². The van der Waals surface area contributed by atoms with Gasteiger partial charge in [-0.25, -0.2) is 8.78 Å². The fourth-order valence-electron chi connectivity index (χ4n) is 16.6. The molecule has 114 heavy (non-hydrogen) atoms. The summed E-state index contributed by atoms with van der Waals surface area (Å²) in [6.45, 7) is 0. The van der Waals surface area contributed by atoms with E-state index in [0.717, 1.165) is 55.5 Å². The number of aromatic amines is 2. The summed E-state index contributed by atoms with van der Waals surface area (Å²) >= 11 is 0. The van der Waals surface area contributed by atoms with Crippen molar-refractivity contribution in [2.45, 2.75) is 0 Å². The number of hydrogen-bond donors (Lipinski definition) is 2. The first-order chi connectivity index (χ1) is 55.4. The molecule has 14 aromatic carbocycles. The Morgan fingerprint density at radius 1 is 0.193 bits per heavy atom. The third-order valence-electron chi connectivity index (χ3n) is 22.2. The van der Waals surface area contributed by atoms with Crippen LogP contribution in [0.2, 0.25) is 0 Å². The van der Waals surface area contributed by atoms with Crippen molar-refractivity contribution in [3.8, 4) is 11.4 Å². The lowest BCUT2D eigenvalue weighted by Gasteiger charge is -2.19. The predicted molar refractivity (Wildman–Crippen MR) is 459 cm³/mol. The van der Waals surface area contributed by atoms with Crippen LogP contribution in [0.25, 0.3) is 186 Å². The van der Waals surface area contributed by atoms with Crippen molar-refractivity contribution in [3.05, 3.63) is 385 Å². The molecule has 22 aromatic rings. The minimum Gasteiger partial charge on any atom is -0.354 e. The molecule has 0 saturated carbocycles. The Bertz CT molecular complexity index is 8040. The highest BCUT2D eigenvalue weighted by atomic mass is 19.1. The van der Waals surface area contributed by atoms with Crippen LogP contribution in [0.3, 0.4) is 0 Å². The van der Waals surface area contributed by atoms with Crippen LogP contribution in [0.15, 0.2) is 330 Å². The Hall–Kier alpha value is -15.3. The molecule has 0 saturated heterocycles. The lowest BCUT2D eigenvalue weighted by molar-refractivity contribution is 0.629. The summed E-state index contributed by atoms with van der Waals surface area (Å²) in [5.74, 6) is -0.963. The van der Waals surface area contributed by atoms with Crippen LogP contribution in [-0.4, -0.2) is 37.4 Å². The molecular weight excluding hydrogens is 1430 g/mol. The van der Waals surface area contributed by atoms with Crippen LogP contribution in [-0.2, 0) is 28.2 Å². The van der Waals surface area contributed by atoms with Crippen LogP contribution in [0.4, 0.5) is 8.78 Å². The molecule has 0 aliphatic heterocycles. The van der Waals surface area contributed by atoms with Gasteiger partial charge in [-0.05, 0) is 182 Å². The van der Waals surface area contributed by atoms with E-state index >= 15 is 0 Å². The average Bonchev–Trinajstić information content (AvgIpc) is 0.726. The van der Waals surface area contributed by atoms with Crippen molar-refractivity contribution in [1.29, 1.82) is 0 Å². The highest BCUT2D eigenvalue weighted by Crippen LogP contribution is 2.33. The average molecular weight is 1490 g/mol. The highest BCUT2D eigenvalue weighted by Gasteiger charge is 2.22. The number of pyridine rings is 8. The van der Waals surface area contributed by atoms with E-state index in [4.69, 9.17) is 0 Å².